The van der Waals surface area contributed by atoms with E-state index in [0.29, 0.717) is 26.1 Å². The lowest BCUT2D eigenvalue weighted by molar-refractivity contribution is -0.121. The summed E-state index contributed by atoms with van der Waals surface area (Å²) in [5, 5.41) is 2.97. The van der Waals surface area contributed by atoms with Crippen molar-refractivity contribution >= 4 is 11.9 Å². The highest BCUT2D eigenvalue weighted by molar-refractivity contribution is 5.80. The number of nitrogens with one attached hydrogen (secondary N) is 1. The Morgan fingerprint density at radius 1 is 1.16 bits per heavy atom. The number of hydrogen-bond acceptors (Lipinski definition) is 4. The number of hydrogen-bond donors (Lipinski definition) is 2. The summed E-state index contributed by atoms with van der Waals surface area (Å²) in [6, 6.07) is 8.04. The number of morpholine rings is 1. The average Bonchev–Trinajstić information content (AvgIpc) is 3.12. The summed E-state index contributed by atoms with van der Waals surface area (Å²) >= 11 is 0. The van der Waals surface area contributed by atoms with Gasteiger partial charge in [-0.05, 0) is 17.5 Å². The van der Waals surface area contributed by atoms with Crippen LogP contribution in [0, 0.1) is 5.92 Å². The van der Waals surface area contributed by atoms with Gasteiger partial charge in [-0.25, -0.2) is 4.79 Å². The van der Waals surface area contributed by atoms with Gasteiger partial charge < -0.3 is 20.7 Å². The van der Waals surface area contributed by atoms with Crippen LogP contribution in [0.4, 0.5) is 4.79 Å². The molecule has 3 amide bonds. The molecule has 25 heavy (non-hydrogen) atoms. The third kappa shape index (κ3) is 4.70. The molecule has 0 aliphatic carbocycles. The Hall–Kier alpha value is -2.12. The quantitative estimate of drug-likeness (QED) is 0.814. The molecular weight excluding hydrogens is 320 g/mol. The molecule has 0 unspecified atom stereocenters. The lowest BCUT2D eigenvalue weighted by atomic mass is 10.1. The summed E-state index contributed by atoms with van der Waals surface area (Å²) in [5.74, 6) is -0.550. The minimum Gasteiger partial charge on any atom is -0.379 e. The van der Waals surface area contributed by atoms with Crippen molar-refractivity contribution < 1.29 is 14.3 Å². The second-order valence-electron chi connectivity index (χ2n) is 6.65. The Bertz CT molecular complexity index is 616. The van der Waals surface area contributed by atoms with Crippen molar-refractivity contribution in [3.8, 4) is 0 Å². The maximum atomic E-state index is 12.3. The van der Waals surface area contributed by atoms with Crippen molar-refractivity contribution in [2.24, 2.45) is 11.7 Å². The third-order valence-electron chi connectivity index (χ3n) is 4.92. The second kappa shape index (κ2) is 8.31. The van der Waals surface area contributed by atoms with Crippen LogP contribution in [0.15, 0.2) is 24.3 Å². The predicted octanol–water partition coefficient (Wildman–Crippen LogP) is 0.536. The highest BCUT2D eigenvalue weighted by Gasteiger charge is 2.29. The van der Waals surface area contributed by atoms with Gasteiger partial charge in [0, 0.05) is 39.3 Å². The van der Waals surface area contributed by atoms with E-state index in [4.69, 9.17) is 10.5 Å². The van der Waals surface area contributed by atoms with E-state index in [9.17, 15) is 9.59 Å². The van der Waals surface area contributed by atoms with Gasteiger partial charge in [0.2, 0.25) is 5.91 Å². The first-order chi connectivity index (χ1) is 12.1. The van der Waals surface area contributed by atoms with Crippen molar-refractivity contribution in [1.29, 1.82) is 0 Å². The van der Waals surface area contributed by atoms with Gasteiger partial charge in [-0.3, -0.25) is 9.69 Å². The Kier molecular flexibility index (Phi) is 5.88. The van der Waals surface area contributed by atoms with Gasteiger partial charge in [0.1, 0.15) is 0 Å². The number of carbonyl (C=O) groups excluding carboxylic acids is 2. The maximum absolute atomic E-state index is 12.3. The molecule has 0 radical (unpaired) electrons. The zero-order valence-electron chi connectivity index (χ0n) is 14.4. The second-order valence-corrected chi connectivity index (χ2v) is 6.65. The fraction of sp³-hybridized carbons (Fsp3) is 0.556. The largest absolute Gasteiger partial charge is 0.379 e. The van der Waals surface area contributed by atoms with Crippen LogP contribution in [0.2, 0.25) is 0 Å². The fourth-order valence-electron chi connectivity index (χ4n) is 3.34. The molecule has 2 saturated heterocycles. The minimum absolute atomic E-state index is 0.134. The Labute approximate surface area is 148 Å². The van der Waals surface area contributed by atoms with Gasteiger partial charge in [0.05, 0.1) is 19.1 Å². The van der Waals surface area contributed by atoms with E-state index in [2.05, 4.69) is 16.3 Å². The average molecular weight is 346 g/mol. The van der Waals surface area contributed by atoms with Crippen LogP contribution in [0.3, 0.4) is 0 Å². The number of likely N-dealkylation sites (tertiary alicyclic amines) is 1. The van der Waals surface area contributed by atoms with Crippen LogP contribution in [0.25, 0.3) is 0 Å². The monoisotopic (exact) mass is 346 g/mol. The predicted molar refractivity (Wildman–Crippen MR) is 93.6 cm³/mol. The molecule has 0 aromatic heterocycles. The van der Waals surface area contributed by atoms with Crippen LogP contribution in [-0.4, -0.2) is 61.1 Å². The van der Waals surface area contributed by atoms with E-state index in [0.717, 1.165) is 38.4 Å². The van der Waals surface area contributed by atoms with Crippen molar-refractivity contribution in [3.05, 3.63) is 35.4 Å². The van der Waals surface area contributed by atoms with E-state index in [1.165, 1.54) is 5.56 Å². The normalized spacial score (nSPS) is 21.3. The smallest absolute Gasteiger partial charge is 0.317 e. The van der Waals surface area contributed by atoms with Crippen molar-refractivity contribution in [2.45, 2.75) is 19.5 Å². The topological polar surface area (TPSA) is 87.9 Å². The van der Waals surface area contributed by atoms with Gasteiger partial charge >= 0.3 is 6.03 Å². The number of benzene rings is 1. The maximum Gasteiger partial charge on any atom is 0.317 e. The van der Waals surface area contributed by atoms with Crippen LogP contribution in [-0.2, 0) is 22.6 Å². The molecule has 2 aliphatic heterocycles. The number of ether oxygens (including phenoxy) is 1. The molecule has 3 rings (SSSR count). The molecule has 1 atom stereocenters. The third-order valence-corrected chi connectivity index (χ3v) is 4.92. The molecule has 0 spiro atoms. The lowest BCUT2D eigenvalue weighted by Gasteiger charge is -2.27. The molecule has 7 nitrogen and oxygen atoms in total. The zero-order valence-corrected chi connectivity index (χ0v) is 14.4. The molecule has 7 heteroatoms. The SMILES string of the molecule is NC(=O)[C@@H]1CCN(C(=O)NCc2ccccc2CN2CCOCC2)C1. The molecule has 2 fully saturated rings. The summed E-state index contributed by atoms with van der Waals surface area (Å²) in [7, 11) is 0. The van der Waals surface area contributed by atoms with Gasteiger partial charge in [-0.2, -0.15) is 0 Å². The summed E-state index contributed by atoms with van der Waals surface area (Å²) in [6.07, 6.45) is 0.649. The molecular formula is C18H26N4O3. The summed E-state index contributed by atoms with van der Waals surface area (Å²) in [4.78, 5) is 27.6. The number of urea groups is 1. The van der Waals surface area contributed by atoms with Gasteiger partial charge in [-0.15, -0.1) is 0 Å². The van der Waals surface area contributed by atoms with E-state index in [1.54, 1.807) is 4.90 Å². The highest BCUT2D eigenvalue weighted by Crippen LogP contribution is 2.16. The molecule has 0 saturated carbocycles. The van der Waals surface area contributed by atoms with Crippen molar-refractivity contribution in [1.82, 2.24) is 15.1 Å². The van der Waals surface area contributed by atoms with Crippen LogP contribution in [0.1, 0.15) is 17.5 Å². The van der Waals surface area contributed by atoms with E-state index >= 15 is 0 Å². The Morgan fingerprint density at radius 3 is 2.56 bits per heavy atom. The van der Waals surface area contributed by atoms with Crippen LogP contribution >= 0.6 is 0 Å². The standard InChI is InChI=1S/C18H26N4O3/c19-17(23)16-5-6-22(13-16)18(24)20-11-14-3-1-2-4-15(14)12-21-7-9-25-10-8-21/h1-4,16H,5-13H2,(H2,19,23)(H,20,24)/t16-/m1/s1. The summed E-state index contributed by atoms with van der Waals surface area (Å²) in [6.45, 7) is 5.75. The van der Waals surface area contributed by atoms with Crippen molar-refractivity contribution in [3.63, 3.8) is 0 Å². The first-order valence-corrected chi connectivity index (χ1v) is 8.82. The molecule has 1 aromatic carbocycles. The number of rotatable bonds is 5. The zero-order chi connectivity index (χ0) is 17.6. The molecule has 0 bridgehead atoms. The number of primary amides is 1. The highest BCUT2D eigenvalue weighted by atomic mass is 16.5. The molecule has 2 aliphatic rings. The minimum atomic E-state index is -0.328. The molecule has 136 valence electrons. The summed E-state index contributed by atoms with van der Waals surface area (Å²) in [5.41, 5.74) is 7.66. The Morgan fingerprint density at radius 2 is 1.88 bits per heavy atom. The first kappa shape index (κ1) is 17.7. The van der Waals surface area contributed by atoms with Gasteiger partial charge in [0.25, 0.3) is 0 Å². The first-order valence-electron chi connectivity index (χ1n) is 8.82. The Balaban J connectivity index is 1.54. The fourth-order valence-corrected chi connectivity index (χ4v) is 3.34. The van der Waals surface area contributed by atoms with E-state index in [-0.39, 0.29) is 17.9 Å². The van der Waals surface area contributed by atoms with E-state index in [1.807, 2.05) is 18.2 Å². The number of nitrogens with two attached hydrogens (primary N) is 1. The molecule has 3 N–H and O–H groups in total. The van der Waals surface area contributed by atoms with Crippen LogP contribution < -0.4 is 11.1 Å². The lowest BCUT2D eigenvalue weighted by Crippen LogP contribution is -2.39. The van der Waals surface area contributed by atoms with Gasteiger partial charge in [0.15, 0.2) is 0 Å². The molecule has 1 aromatic rings. The number of nitrogens with zero attached hydrogens (tertiary/aromatic N) is 2. The number of amides is 3. The summed E-state index contributed by atoms with van der Waals surface area (Å²) < 4.78 is 5.39. The van der Waals surface area contributed by atoms with Gasteiger partial charge in [-0.1, -0.05) is 24.3 Å². The number of carbonyl (C=O) groups is 2. The van der Waals surface area contributed by atoms with Crippen molar-refractivity contribution in [2.75, 3.05) is 39.4 Å². The van der Waals surface area contributed by atoms with E-state index < -0.39 is 0 Å². The van der Waals surface area contributed by atoms with Crippen LogP contribution in [0.5, 0.6) is 0 Å². The molecule has 2 heterocycles.